The van der Waals surface area contributed by atoms with Crippen molar-refractivity contribution in [1.82, 2.24) is 9.97 Å². The molecule has 0 aliphatic heterocycles. The van der Waals surface area contributed by atoms with Crippen molar-refractivity contribution in [1.29, 1.82) is 0 Å². The van der Waals surface area contributed by atoms with E-state index in [-0.39, 0.29) is 5.95 Å². The second kappa shape index (κ2) is 5.79. The number of nitrogens with one attached hydrogen (secondary N) is 1. The lowest BCUT2D eigenvalue weighted by atomic mass is 10.1. The highest BCUT2D eigenvalue weighted by atomic mass is 35.5. The molecule has 0 bridgehead atoms. The fourth-order valence-electron chi connectivity index (χ4n) is 2.11. The predicted molar refractivity (Wildman–Crippen MR) is 86.1 cm³/mol. The van der Waals surface area contributed by atoms with Crippen LogP contribution in [0, 0.1) is 10.1 Å². The van der Waals surface area contributed by atoms with Crippen molar-refractivity contribution in [2.45, 2.75) is 0 Å². The predicted octanol–water partition coefficient (Wildman–Crippen LogP) is 4.96. The smallest absolute Gasteiger partial charge is 0.390 e. The van der Waals surface area contributed by atoms with E-state index in [9.17, 15) is 10.1 Å². The third-order valence-electron chi connectivity index (χ3n) is 3.12. The van der Waals surface area contributed by atoms with E-state index in [0.29, 0.717) is 27.0 Å². The molecule has 0 aliphatic carbocycles. The van der Waals surface area contributed by atoms with Gasteiger partial charge in [-0.05, 0) is 23.1 Å². The third kappa shape index (κ3) is 2.68. The number of imidazole rings is 1. The Hall–Kier alpha value is -2.37. The summed E-state index contributed by atoms with van der Waals surface area (Å²) in [6.45, 7) is 0. The summed E-state index contributed by atoms with van der Waals surface area (Å²) in [6, 6.07) is 14.2. The van der Waals surface area contributed by atoms with Crippen molar-refractivity contribution in [3.05, 3.63) is 68.7 Å². The van der Waals surface area contributed by atoms with Crippen molar-refractivity contribution < 1.29 is 4.92 Å². The number of halogens is 2. The molecule has 110 valence electrons. The first-order valence-corrected chi connectivity index (χ1v) is 7.07. The van der Waals surface area contributed by atoms with Gasteiger partial charge in [-0.1, -0.05) is 58.5 Å². The highest BCUT2D eigenvalue weighted by Gasteiger charge is 2.23. The minimum Gasteiger partial charge on any atom is -0.390 e. The Morgan fingerprint density at radius 1 is 1.00 bits per heavy atom. The van der Waals surface area contributed by atoms with E-state index >= 15 is 0 Å². The second-order valence-corrected chi connectivity index (χ2v) is 5.35. The lowest BCUT2D eigenvalue weighted by Crippen LogP contribution is -1.89. The highest BCUT2D eigenvalue weighted by molar-refractivity contribution is 6.42. The number of hydrogen-bond donors (Lipinski definition) is 1. The molecule has 0 radical (unpaired) electrons. The van der Waals surface area contributed by atoms with Gasteiger partial charge in [-0.25, -0.2) is 4.98 Å². The Morgan fingerprint density at radius 3 is 2.36 bits per heavy atom. The zero-order valence-electron chi connectivity index (χ0n) is 11.1. The van der Waals surface area contributed by atoms with Crippen LogP contribution in [-0.2, 0) is 0 Å². The monoisotopic (exact) mass is 333 g/mol. The van der Waals surface area contributed by atoms with E-state index in [1.807, 2.05) is 30.3 Å². The van der Waals surface area contributed by atoms with Gasteiger partial charge in [0.1, 0.15) is 5.69 Å². The second-order valence-electron chi connectivity index (χ2n) is 4.54. The maximum atomic E-state index is 11.0. The number of aromatic nitrogens is 2. The largest absolute Gasteiger partial charge is 0.433 e. The molecule has 2 aromatic carbocycles. The summed E-state index contributed by atoms with van der Waals surface area (Å²) in [5, 5.41) is 11.8. The number of rotatable bonds is 3. The van der Waals surface area contributed by atoms with Crippen molar-refractivity contribution in [3.8, 4) is 22.5 Å². The normalized spacial score (nSPS) is 10.6. The van der Waals surface area contributed by atoms with Gasteiger partial charge in [-0.3, -0.25) is 0 Å². The molecule has 5 nitrogen and oxygen atoms in total. The van der Waals surface area contributed by atoms with Gasteiger partial charge in [0.15, 0.2) is 5.69 Å². The van der Waals surface area contributed by atoms with Crippen LogP contribution in [0.3, 0.4) is 0 Å². The molecule has 0 spiro atoms. The van der Waals surface area contributed by atoms with Gasteiger partial charge in [-0.15, -0.1) is 0 Å². The quantitative estimate of drug-likeness (QED) is 0.543. The van der Waals surface area contributed by atoms with E-state index in [2.05, 4.69) is 9.97 Å². The lowest BCUT2D eigenvalue weighted by molar-refractivity contribution is -0.393. The highest BCUT2D eigenvalue weighted by Crippen LogP contribution is 2.34. The molecule has 0 aliphatic rings. The zero-order chi connectivity index (χ0) is 15.7. The first-order valence-electron chi connectivity index (χ1n) is 6.31. The molecule has 1 aromatic heterocycles. The number of nitro groups is 1. The summed E-state index contributed by atoms with van der Waals surface area (Å²) in [5.74, 6) is -0.320. The summed E-state index contributed by atoms with van der Waals surface area (Å²) >= 11 is 11.9. The van der Waals surface area contributed by atoms with Crippen LogP contribution >= 0.6 is 23.2 Å². The maximum absolute atomic E-state index is 11.0. The molecular weight excluding hydrogens is 325 g/mol. The number of aromatic amines is 1. The number of hydrogen-bond acceptors (Lipinski definition) is 3. The summed E-state index contributed by atoms with van der Waals surface area (Å²) in [5.41, 5.74) is 2.46. The minimum absolute atomic E-state index is 0.320. The zero-order valence-corrected chi connectivity index (χ0v) is 12.6. The van der Waals surface area contributed by atoms with Crippen LogP contribution in [0.25, 0.3) is 22.5 Å². The summed E-state index contributed by atoms with van der Waals surface area (Å²) in [6.07, 6.45) is 0. The average Bonchev–Trinajstić information content (AvgIpc) is 2.96. The topological polar surface area (TPSA) is 71.8 Å². The molecule has 1 N–H and O–H groups in total. The van der Waals surface area contributed by atoms with Crippen molar-refractivity contribution in [2.24, 2.45) is 0 Å². The van der Waals surface area contributed by atoms with E-state index in [0.717, 1.165) is 5.56 Å². The Morgan fingerprint density at radius 2 is 1.73 bits per heavy atom. The Labute approximate surface area is 135 Å². The van der Waals surface area contributed by atoms with E-state index in [4.69, 9.17) is 23.2 Å². The van der Waals surface area contributed by atoms with Crippen LogP contribution in [0.15, 0.2) is 48.5 Å². The van der Waals surface area contributed by atoms with E-state index in [1.54, 1.807) is 18.2 Å². The van der Waals surface area contributed by atoms with Crippen LogP contribution < -0.4 is 0 Å². The Balaban J connectivity index is 2.21. The van der Waals surface area contributed by atoms with Gasteiger partial charge >= 0.3 is 5.95 Å². The fraction of sp³-hybridized carbons (Fsp3) is 0. The summed E-state index contributed by atoms with van der Waals surface area (Å²) in [7, 11) is 0. The minimum atomic E-state index is -0.562. The molecular formula is C15H9Cl2N3O2. The molecule has 0 unspecified atom stereocenters. The van der Waals surface area contributed by atoms with Gasteiger partial charge in [0.2, 0.25) is 0 Å². The molecule has 22 heavy (non-hydrogen) atoms. The first-order chi connectivity index (χ1) is 10.6. The average molecular weight is 334 g/mol. The number of H-pyrrole nitrogens is 1. The third-order valence-corrected chi connectivity index (χ3v) is 3.86. The standard InChI is InChI=1S/C15H9Cl2N3O2/c16-11-7-6-10(8-12(11)17)14-13(9-4-2-1-3-5-9)18-15(19-14)20(21)22/h1-8H,(H,18,19). The molecule has 0 amide bonds. The van der Waals surface area contributed by atoms with Crippen LogP contribution in [0.4, 0.5) is 5.95 Å². The summed E-state index contributed by atoms with van der Waals surface area (Å²) < 4.78 is 0. The fourth-order valence-corrected chi connectivity index (χ4v) is 2.41. The first kappa shape index (κ1) is 14.6. The lowest BCUT2D eigenvalue weighted by Gasteiger charge is -2.01. The van der Waals surface area contributed by atoms with Gasteiger partial charge in [-0.2, -0.15) is 0 Å². The van der Waals surface area contributed by atoms with E-state index < -0.39 is 4.92 Å². The van der Waals surface area contributed by atoms with Crippen LogP contribution in [0.2, 0.25) is 10.0 Å². The van der Waals surface area contributed by atoms with Gasteiger partial charge < -0.3 is 10.1 Å². The Bertz CT molecular complexity index is 847. The van der Waals surface area contributed by atoms with Gasteiger partial charge in [0, 0.05) is 11.1 Å². The number of nitrogens with zero attached hydrogens (tertiary/aromatic N) is 2. The summed E-state index contributed by atoms with van der Waals surface area (Å²) in [4.78, 5) is 17.3. The molecule has 0 atom stereocenters. The Kier molecular flexibility index (Phi) is 3.83. The van der Waals surface area contributed by atoms with Gasteiger partial charge in [0.25, 0.3) is 0 Å². The van der Waals surface area contributed by atoms with Crippen LogP contribution in [-0.4, -0.2) is 14.9 Å². The molecule has 0 saturated carbocycles. The molecule has 3 rings (SSSR count). The number of benzene rings is 2. The maximum Gasteiger partial charge on any atom is 0.433 e. The van der Waals surface area contributed by atoms with E-state index in [1.165, 1.54) is 0 Å². The van der Waals surface area contributed by atoms with Crippen molar-refractivity contribution in [2.75, 3.05) is 0 Å². The van der Waals surface area contributed by atoms with Crippen molar-refractivity contribution in [3.63, 3.8) is 0 Å². The molecule has 3 aromatic rings. The van der Waals surface area contributed by atoms with Crippen molar-refractivity contribution >= 4 is 29.2 Å². The SMILES string of the molecule is O=[N+]([O-])c1nc(-c2ccc(Cl)c(Cl)c2)c(-c2ccccc2)[nH]1. The van der Waals surface area contributed by atoms with Crippen LogP contribution in [0.5, 0.6) is 0 Å². The molecule has 0 fully saturated rings. The molecule has 0 saturated heterocycles. The molecule has 7 heteroatoms. The molecule has 1 heterocycles. The van der Waals surface area contributed by atoms with Crippen LogP contribution in [0.1, 0.15) is 0 Å². The van der Waals surface area contributed by atoms with Gasteiger partial charge in [0.05, 0.1) is 10.0 Å².